The van der Waals surface area contributed by atoms with E-state index in [0.29, 0.717) is 18.9 Å². The lowest BCUT2D eigenvalue weighted by Gasteiger charge is -2.19. The first-order valence-electron chi connectivity index (χ1n) is 5.23. The number of aromatic nitrogens is 2. The van der Waals surface area contributed by atoms with Crippen LogP contribution in [0.25, 0.3) is 0 Å². The number of nitro groups is 1. The fourth-order valence-electron chi connectivity index (χ4n) is 1.42. The molecule has 1 rings (SSSR count). The molecular formula is C10H18N4O2. The van der Waals surface area contributed by atoms with Crippen LogP contribution < -0.4 is 5.32 Å². The van der Waals surface area contributed by atoms with Crippen LogP contribution in [0.4, 0.5) is 5.82 Å². The van der Waals surface area contributed by atoms with Gasteiger partial charge in [0, 0.05) is 19.0 Å². The summed E-state index contributed by atoms with van der Waals surface area (Å²) in [6.07, 6.45) is 1.30. The van der Waals surface area contributed by atoms with Crippen molar-refractivity contribution in [3.05, 3.63) is 22.1 Å². The molecule has 1 N–H and O–H groups in total. The fourth-order valence-corrected chi connectivity index (χ4v) is 1.42. The molecule has 0 saturated carbocycles. The van der Waals surface area contributed by atoms with Gasteiger partial charge in [0.15, 0.2) is 5.82 Å². The third-order valence-electron chi connectivity index (χ3n) is 2.21. The van der Waals surface area contributed by atoms with Gasteiger partial charge in [-0.05, 0) is 25.7 Å². The van der Waals surface area contributed by atoms with E-state index in [0.717, 1.165) is 0 Å². The molecule has 90 valence electrons. The second kappa shape index (κ2) is 4.61. The fraction of sp³-hybridized carbons (Fsp3) is 0.700. The molecule has 0 fully saturated rings. The van der Waals surface area contributed by atoms with Crippen LogP contribution in [-0.2, 0) is 6.54 Å². The molecule has 16 heavy (non-hydrogen) atoms. The van der Waals surface area contributed by atoms with Crippen molar-refractivity contribution in [3.63, 3.8) is 0 Å². The van der Waals surface area contributed by atoms with Crippen LogP contribution in [0.1, 0.15) is 26.6 Å². The molecule has 6 nitrogen and oxygen atoms in total. The van der Waals surface area contributed by atoms with E-state index in [4.69, 9.17) is 0 Å². The van der Waals surface area contributed by atoms with Gasteiger partial charge < -0.3 is 15.4 Å². The quantitative estimate of drug-likeness (QED) is 0.623. The Balaban J connectivity index is 2.66. The molecule has 0 aromatic carbocycles. The maximum absolute atomic E-state index is 10.7. The van der Waals surface area contributed by atoms with Crippen LogP contribution in [0.5, 0.6) is 0 Å². The molecule has 0 spiro atoms. The Kier molecular flexibility index (Phi) is 3.64. The minimum absolute atomic E-state index is 0.0171. The Morgan fingerprint density at radius 1 is 1.56 bits per heavy atom. The Hall–Kier alpha value is -1.43. The lowest BCUT2D eigenvalue weighted by molar-refractivity contribution is -0.392. The topological polar surface area (TPSA) is 73.0 Å². The Morgan fingerprint density at radius 2 is 2.19 bits per heavy atom. The summed E-state index contributed by atoms with van der Waals surface area (Å²) in [5.41, 5.74) is 0.0171. The summed E-state index contributed by atoms with van der Waals surface area (Å²) in [5, 5.41) is 14.0. The maximum Gasteiger partial charge on any atom is 0.342 e. The van der Waals surface area contributed by atoms with Gasteiger partial charge in [-0.2, -0.15) is 0 Å². The van der Waals surface area contributed by atoms with Crippen molar-refractivity contribution in [3.8, 4) is 0 Å². The third kappa shape index (κ3) is 3.30. The van der Waals surface area contributed by atoms with Gasteiger partial charge in [0.2, 0.25) is 0 Å². The van der Waals surface area contributed by atoms with Gasteiger partial charge in [-0.15, -0.1) is 0 Å². The van der Waals surface area contributed by atoms with Gasteiger partial charge in [0.05, 0.1) is 0 Å². The summed E-state index contributed by atoms with van der Waals surface area (Å²) in [7, 11) is 0. The molecule has 0 bridgehead atoms. The first-order valence-corrected chi connectivity index (χ1v) is 5.23. The highest BCUT2D eigenvalue weighted by Gasteiger charge is 2.17. The van der Waals surface area contributed by atoms with Crippen LogP contribution in [0.2, 0.25) is 0 Å². The van der Waals surface area contributed by atoms with Crippen LogP contribution >= 0.6 is 0 Å². The van der Waals surface area contributed by atoms with Crippen LogP contribution in [0.15, 0.2) is 6.20 Å². The first kappa shape index (κ1) is 12.6. The van der Waals surface area contributed by atoms with E-state index < -0.39 is 4.92 Å². The molecule has 0 atom stereocenters. The zero-order chi connectivity index (χ0) is 12.3. The van der Waals surface area contributed by atoms with Crippen LogP contribution in [0.3, 0.4) is 0 Å². The van der Waals surface area contributed by atoms with E-state index in [-0.39, 0.29) is 11.4 Å². The van der Waals surface area contributed by atoms with Gasteiger partial charge in [-0.1, -0.05) is 0 Å². The zero-order valence-corrected chi connectivity index (χ0v) is 10.1. The lowest BCUT2D eigenvalue weighted by atomic mass is 10.1. The number of nitrogens with one attached hydrogen (secondary N) is 1. The monoisotopic (exact) mass is 226 g/mol. The van der Waals surface area contributed by atoms with Gasteiger partial charge in [-0.3, -0.25) is 0 Å². The minimum atomic E-state index is -0.406. The average Bonchev–Trinajstić information content (AvgIpc) is 2.46. The largest absolute Gasteiger partial charge is 0.358 e. The molecule has 0 aliphatic heterocycles. The molecule has 1 aromatic heterocycles. The van der Waals surface area contributed by atoms with Crippen LogP contribution in [0, 0.1) is 17.0 Å². The van der Waals surface area contributed by atoms with Crippen molar-refractivity contribution in [1.82, 2.24) is 14.9 Å². The number of nitrogens with zero attached hydrogens (tertiary/aromatic N) is 3. The van der Waals surface area contributed by atoms with E-state index in [2.05, 4.69) is 31.1 Å². The summed E-state index contributed by atoms with van der Waals surface area (Å²) in [4.78, 5) is 14.3. The average molecular weight is 226 g/mol. The number of aryl methyl sites for hydroxylation is 1. The van der Waals surface area contributed by atoms with Gasteiger partial charge >= 0.3 is 5.82 Å². The Morgan fingerprint density at radius 3 is 2.69 bits per heavy atom. The molecule has 0 unspecified atom stereocenters. The predicted octanol–water partition coefficient (Wildman–Crippen LogP) is 1.49. The van der Waals surface area contributed by atoms with Crippen molar-refractivity contribution in [2.45, 2.75) is 39.8 Å². The van der Waals surface area contributed by atoms with Crippen molar-refractivity contribution >= 4 is 5.82 Å². The standard InChI is InChI=1S/C10H18N4O2/c1-8-11-7-9(14(15)16)13(8)6-5-12-10(2,3)4/h7,12H,5-6H2,1-4H3. The molecular weight excluding hydrogens is 208 g/mol. The van der Waals surface area contributed by atoms with E-state index in [1.807, 2.05) is 0 Å². The van der Waals surface area contributed by atoms with Crippen molar-refractivity contribution in [1.29, 1.82) is 0 Å². The third-order valence-corrected chi connectivity index (χ3v) is 2.21. The highest BCUT2D eigenvalue weighted by atomic mass is 16.6. The lowest BCUT2D eigenvalue weighted by Crippen LogP contribution is -2.38. The molecule has 1 aromatic rings. The second-order valence-electron chi connectivity index (χ2n) is 4.75. The highest BCUT2D eigenvalue weighted by molar-refractivity contribution is 5.18. The van der Waals surface area contributed by atoms with Crippen LogP contribution in [-0.4, -0.2) is 26.6 Å². The minimum Gasteiger partial charge on any atom is -0.358 e. The van der Waals surface area contributed by atoms with Crippen molar-refractivity contribution < 1.29 is 4.92 Å². The number of rotatable bonds is 4. The van der Waals surface area contributed by atoms with E-state index >= 15 is 0 Å². The van der Waals surface area contributed by atoms with E-state index in [1.165, 1.54) is 6.20 Å². The van der Waals surface area contributed by atoms with Gasteiger partial charge in [0.25, 0.3) is 0 Å². The second-order valence-corrected chi connectivity index (χ2v) is 4.75. The van der Waals surface area contributed by atoms with Crippen molar-refractivity contribution in [2.75, 3.05) is 6.54 Å². The summed E-state index contributed by atoms with van der Waals surface area (Å²) < 4.78 is 1.61. The van der Waals surface area contributed by atoms with Gasteiger partial charge in [0.1, 0.15) is 12.7 Å². The summed E-state index contributed by atoms with van der Waals surface area (Å²) in [5.74, 6) is 0.718. The van der Waals surface area contributed by atoms with Gasteiger partial charge in [-0.25, -0.2) is 9.55 Å². The maximum atomic E-state index is 10.7. The molecule has 6 heteroatoms. The number of imidazole rings is 1. The predicted molar refractivity (Wildman–Crippen MR) is 61.4 cm³/mol. The molecule has 0 amide bonds. The first-order chi connectivity index (χ1) is 7.31. The molecule has 0 aliphatic carbocycles. The van der Waals surface area contributed by atoms with E-state index in [1.54, 1.807) is 11.5 Å². The Bertz CT molecular complexity index is 379. The van der Waals surface area contributed by atoms with Crippen molar-refractivity contribution in [2.24, 2.45) is 0 Å². The number of hydrogen-bond acceptors (Lipinski definition) is 4. The summed E-state index contributed by atoms with van der Waals surface area (Å²) in [6, 6.07) is 0. The molecule has 1 heterocycles. The molecule has 0 saturated heterocycles. The smallest absolute Gasteiger partial charge is 0.342 e. The Labute approximate surface area is 94.8 Å². The summed E-state index contributed by atoms with van der Waals surface area (Å²) >= 11 is 0. The normalized spacial score (nSPS) is 11.8. The number of hydrogen-bond donors (Lipinski definition) is 1. The van der Waals surface area contributed by atoms with E-state index in [9.17, 15) is 10.1 Å². The highest BCUT2D eigenvalue weighted by Crippen LogP contribution is 2.12. The zero-order valence-electron chi connectivity index (χ0n) is 10.1. The molecule has 0 radical (unpaired) electrons. The summed E-state index contributed by atoms with van der Waals surface area (Å²) in [6.45, 7) is 9.18. The SMILES string of the molecule is Cc1ncc([N+](=O)[O-])n1CCNC(C)(C)C. The molecule has 0 aliphatic rings.